The number of halogens is 1. The van der Waals surface area contributed by atoms with Crippen molar-refractivity contribution in [3.8, 4) is 5.95 Å². The summed E-state index contributed by atoms with van der Waals surface area (Å²) in [4.78, 5) is 12.5. The van der Waals surface area contributed by atoms with Crippen molar-refractivity contribution in [3.05, 3.63) is 35.9 Å². The van der Waals surface area contributed by atoms with E-state index >= 15 is 0 Å². The Morgan fingerprint density at radius 3 is 2.42 bits per heavy atom. The maximum absolute atomic E-state index is 13.2. The lowest BCUT2D eigenvalue weighted by atomic mass is 10.3. The van der Waals surface area contributed by atoms with Crippen molar-refractivity contribution in [1.82, 2.24) is 19.5 Å². The zero-order valence-corrected chi connectivity index (χ0v) is 10.1. The standard InChI is InChI=1S/C12H11FN6/c1-6-16-8-4-7(13)2-3-9(8)19(6)12-17-10(14)5-11(15)18-12/h2-5H,1H3,(H4,14,15,17,18). The summed E-state index contributed by atoms with van der Waals surface area (Å²) in [5.41, 5.74) is 12.5. The monoisotopic (exact) mass is 258 g/mol. The van der Waals surface area contributed by atoms with Gasteiger partial charge in [0.2, 0.25) is 5.95 Å². The first-order valence-corrected chi connectivity index (χ1v) is 5.59. The van der Waals surface area contributed by atoms with Gasteiger partial charge in [0.25, 0.3) is 0 Å². The smallest absolute Gasteiger partial charge is 0.239 e. The van der Waals surface area contributed by atoms with Crippen LogP contribution >= 0.6 is 0 Å². The van der Waals surface area contributed by atoms with Crippen LogP contribution < -0.4 is 11.5 Å². The summed E-state index contributed by atoms with van der Waals surface area (Å²) in [6.45, 7) is 1.78. The minimum Gasteiger partial charge on any atom is -0.383 e. The topological polar surface area (TPSA) is 95.6 Å². The molecule has 6 nitrogen and oxygen atoms in total. The van der Waals surface area contributed by atoms with Crippen molar-refractivity contribution in [2.75, 3.05) is 11.5 Å². The van der Waals surface area contributed by atoms with E-state index in [1.54, 1.807) is 17.6 Å². The first kappa shape index (κ1) is 11.4. The van der Waals surface area contributed by atoms with Gasteiger partial charge in [-0.1, -0.05) is 0 Å². The van der Waals surface area contributed by atoms with Gasteiger partial charge in [0.15, 0.2) is 0 Å². The molecule has 1 aromatic carbocycles. The molecule has 2 aromatic heterocycles. The molecule has 19 heavy (non-hydrogen) atoms. The van der Waals surface area contributed by atoms with Crippen LogP contribution in [0.25, 0.3) is 17.0 Å². The summed E-state index contributed by atoms with van der Waals surface area (Å²) < 4.78 is 14.9. The van der Waals surface area contributed by atoms with Crippen molar-refractivity contribution in [2.45, 2.75) is 6.92 Å². The van der Waals surface area contributed by atoms with E-state index < -0.39 is 0 Å². The lowest BCUT2D eigenvalue weighted by molar-refractivity contribution is 0.629. The van der Waals surface area contributed by atoms with Gasteiger partial charge < -0.3 is 11.5 Å². The Labute approximate surface area is 107 Å². The van der Waals surface area contributed by atoms with E-state index in [9.17, 15) is 4.39 Å². The van der Waals surface area contributed by atoms with Crippen LogP contribution in [0.4, 0.5) is 16.0 Å². The van der Waals surface area contributed by atoms with Gasteiger partial charge in [-0.3, -0.25) is 4.57 Å². The molecule has 0 spiro atoms. The third kappa shape index (κ3) is 1.85. The first-order valence-electron chi connectivity index (χ1n) is 5.59. The predicted octanol–water partition coefficient (Wildman–Crippen LogP) is 1.43. The van der Waals surface area contributed by atoms with Crippen LogP contribution in [-0.4, -0.2) is 19.5 Å². The average molecular weight is 258 g/mol. The molecule has 0 aliphatic rings. The van der Waals surface area contributed by atoms with Gasteiger partial charge in [-0.15, -0.1) is 0 Å². The Kier molecular flexibility index (Phi) is 2.34. The number of rotatable bonds is 1. The number of imidazole rings is 1. The van der Waals surface area contributed by atoms with Gasteiger partial charge in [0.05, 0.1) is 11.0 Å². The number of nitrogen functional groups attached to an aromatic ring is 2. The van der Waals surface area contributed by atoms with E-state index in [1.807, 2.05) is 0 Å². The highest BCUT2D eigenvalue weighted by Crippen LogP contribution is 2.21. The molecule has 0 fully saturated rings. The molecule has 96 valence electrons. The predicted molar refractivity (Wildman–Crippen MR) is 70.2 cm³/mol. The molecular formula is C12H11FN6. The number of benzene rings is 1. The fraction of sp³-hybridized carbons (Fsp3) is 0.0833. The minimum absolute atomic E-state index is 0.269. The molecule has 0 saturated carbocycles. The van der Waals surface area contributed by atoms with E-state index in [1.165, 1.54) is 18.2 Å². The Hall–Kier alpha value is -2.70. The molecule has 3 aromatic rings. The maximum atomic E-state index is 13.2. The zero-order valence-electron chi connectivity index (χ0n) is 10.1. The van der Waals surface area contributed by atoms with Crippen LogP contribution in [0.5, 0.6) is 0 Å². The van der Waals surface area contributed by atoms with Gasteiger partial charge in [-0.05, 0) is 19.1 Å². The number of nitrogens with two attached hydrogens (primary N) is 2. The van der Waals surface area contributed by atoms with E-state index in [0.29, 0.717) is 22.8 Å². The highest BCUT2D eigenvalue weighted by atomic mass is 19.1. The molecule has 0 unspecified atom stereocenters. The Morgan fingerprint density at radius 1 is 1.05 bits per heavy atom. The van der Waals surface area contributed by atoms with E-state index in [4.69, 9.17) is 11.5 Å². The number of nitrogens with zero attached hydrogens (tertiary/aromatic N) is 4. The Morgan fingerprint density at radius 2 is 1.74 bits per heavy atom. The minimum atomic E-state index is -0.342. The van der Waals surface area contributed by atoms with Crippen LogP contribution in [0, 0.1) is 12.7 Å². The number of aryl methyl sites for hydroxylation is 1. The lowest BCUT2D eigenvalue weighted by Crippen LogP contribution is -2.07. The second kappa shape index (κ2) is 3.91. The van der Waals surface area contributed by atoms with Crippen LogP contribution in [0.3, 0.4) is 0 Å². The number of aromatic nitrogens is 4. The van der Waals surface area contributed by atoms with E-state index in [0.717, 1.165) is 0 Å². The van der Waals surface area contributed by atoms with Crippen molar-refractivity contribution in [1.29, 1.82) is 0 Å². The number of fused-ring (bicyclic) bond motifs is 1. The highest BCUT2D eigenvalue weighted by molar-refractivity contribution is 5.77. The van der Waals surface area contributed by atoms with Gasteiger partial charge >= 0.3 is 0 Å². The van der Waals surface area contributed by atoms with Crippen molar-refractivity contribution < 1.29 is 4.39 Å². The molecular weight excluding hydrogens is 247 g/mol. The molecule has 0 aliphatic carbocycles. The molecule has 3 rings (SSSR count). The molecule has 0 bridgehead atoms. The molecule has 4 N–H and O–H groups in total. The van der Waals surface area contributed by atoms with Crippen LogP contribution in [-0.2, 0) is 0 Å². The third-order valence-electron chi connectivity index (χ3n) is 2.74. The molecule has 7 heteroatoms. The SMILES string of the molecule is Cc1nc2cc(F)ccc2n1-c1nc(N)cc(N)n1. The molecule has 0 atom stereocenters. The summed E-state index contributed by atoms with van der Waals surface area (Å²) in [7, 11) is 0. The number of hydrogen-bond donors (Lipinski definition) is 2. The van der Waals surface area contributed by atoms with Crippen molar-refractivity contribution in [3.63, 3.8) is 0 Å². The lowest BCUT2D eigenvalue weighted by Gasteiger charge is -2.06. The fourth-order valence-corrected chi connectivity index (χ4v) is 2.00. The van der Waals surface area contributed by atoms with Crippen LogP contribution in [0.2, 0.25) is 0 Å². The van der Waals surface area contributed by atoms with E-state index in [-0.39, 0.29) is 17.5 Å². The fourth-order valence-electron chi connectivity index (χ4n) is 2.00. The molecule has 2 heterocycles. The molecule has 0 saturated heterocycles. The van der Waals surface area contributed by atoms with Crippen LogP contribution in [0.1, 0.15) is 5.82 Å². The van der Waals surface area contributed by atoms with Crippen molar-refractivity contribution in [2.24, 2.45) is 0 Å². The summed E-state index contributed by atoms with van der Waals surface area (Å²) in [5.74, 6) is 1.15. The Bertz CT molecular complexity index is 759. The second-order valence-electron chi connectivity index (χ2n) is 4.15. The summed E-state index contributed by atoms with van der Waals surface area (Å²) in [6, 6.07) is 5.80. The molecule has 0 amide bonds. The molecule has 0 aliphatic heterocycles. The first-order chi connectivity index (χ1) is 9.04. The quantitative estimate of drug-likeness (QED) is 0.688. The summed E-state index contributed by atoms with van der Waals surface area (Å²) in [5, 5.41) is 0. The zero-order chi connectivity index (χ0) is 13.6. The largest absolute Gasteiger partial charge is 0.383 e. The molecule has 0 radical (unpaired) electrons. The number of anilines is 2. The Balaban J connectivity index is 2.32. The average Bonchev–Trinajstić information content (AvgIpc) is 2.62. The third-order valence-corrected chi connectivity index (χ3v) is 2.74. The second-order valence-corrected chi connectivity index (χ2v) is 4.15. The normalized spacial score (nSPS) is 11.1. The maximum Gasteiger partial charge on any atom is 0.239 e. The summed E-state index contributed by atoms with van der Waals surface area (Å²) >= 11 is 0. The number of hydrogen-bond acceptors (Lipinski definition) is 5. The van der Waals surface area contributed by atoms with Crippen molar-refractivity contribution >= 4 is 22.7 Å². The van der Waals surface area contributed by atoms with Gasteiger partial charge in [-0.2, -0.15) is 9.97 Å². The summed E-state index contributed by atoms with van der Waals surface area (Å²) in [6.07, 6.45) is 0. The van der Waals surface area contributed by atoms with Gasteiger partial charge in [0.1, 0.15) is 23.3 Å². The van der Waals surface area contributed by atoms with Gasteiger partial charge in [0, 0.05) is 12.1 Å². The van der Waals surface area contributed by atoms with E-state index in [2.05, 4.69) is 15.0 Å². The van der Waals surface area contributed by atoms with Crippen LogP contribution in [0.15, 0.2) is 24.3 Å². The highest BCUT2D eigenvalue weighted by Gasteiger charge is 2.13. The van der Waals surface area contributed by atoms with Gasteiger partial charge in [-0.25, -0.2) is 9.37 Å².